The normalized spacial score (nSPS) is 24.5. The minimum atomic E-state index is -0.101. The van der Waals surface area contributed by atoms with Crippen LogP contribution in [0.3, 0.4) is 0 Å². The molecule has 0 spiro atoms. The minimum absolute atomic E-state index is 0.101. The third-order valence-corrected chi connectivity index (χ3v) is 4.46. The molecule has 2 atom stereocenters. The number of hydrogen-bond acceptors (Lipinski definition) is 4. The van der Waals surface area contributed by atoms with Crippen molar-refractivity contribution in [1.82, 2.24) is 5.32 Å². The molecule has 1 saturated heterocycles. The van der Waals surface area contributed by atoms with Crippen LogP contribution >= 0.6 is 15.9 Å². The Bertz CT molecular complexity index is 532. The molecule has 4 nitrogen and oxygen atoms in total. The molecule has 1 aromatic carbocycles. The number of fused-ring (bicyclic) bond motifs is 1. The van der Waals surface area contributed by atoms with Gasteiger partial charge in [-0.2, -0.15) is 0 Å². The number of ketones is 1. The maximum absolute atomic E-state index is 12.4. The van der Waals surface area contributed by atoms with E-state index in [2.05, 4.69) is 27.3 Å². The largest absolute Gasteiger partial charge is 0.493 e. The van der Waals surface area contributed by atoms with E-state index in [0.29, 0.717) is 13.0 Å². The number of nitrogens with one attached hydrogen (secondary N) is 1. The van der Waals surface area contributed by atoms with E-state index in [4.69, 9.17) is 9.47 Å². The zero-order valence-corrected chi connectivity index (χ0v) is 13.0. The standard InChI is InChI=1S/C15H18BrNO3/c1-19-12-7-13(17-8-12)14(18)6-10-5-11(16)4-9-2-3-20-15(9)10/h4-5,12-13,17H,2-3,6-8H2,1H3. The Balaban J connectivity index is 1.74. The minimum Gasteiger partial charge on any atom is -0.493 e. The SMILES string of the molecule is COC1CNC(C(=O)Cc2cc(Br)cc3c2OCC3)C1. The molecule has 0 radical (unpaired) electrons. The maximum Gasteiger partial charge on any atom is 0.154 e. The van der Waals surface area contributed by atoms with Crippen molar-refractivity contribution in [3.63, 3.8) is 0 Å². The molecule has 2 aliphatic heterocycles. The first-order valence-corrected chi connectivity index (χ1v) is 7.69. The predicted octanol–water partition coefficient (Wildman–Crippen LogP) is 1.87. The van der Waals surface area contributed by atoms with Crippen LogP contribution in [-0.4, -0.2) is 38.2 Å². The van der Waals surface area contributed by atoms with Gasteiger partial charge in [-0.3, -0.25) is 4.79 Å². The molecule has 0 bridgehead atoms. The molecule has 3 rings (SSSR count). The van der Waals surface area contributed by atoms with Gasteiger partial charge >= 0.3 is 0 Å². The number of rotatable bonds is 4. The summed E-state index contributed by atoms with van der Waals surface area (Å²) in [5.74, 6) is 1.11. The highest BCUT2D eigenvalue weighted by Gasteiger charge is 2.30. The first-order valence-electron chi connectivity index (χ1n) is 6.90. The Morgan fingerprint density at radius 2 is 2.40 bits per heavy atom. The molecule has 5 heteroatoms. The van der Waals surface area contributed by atoms with Gasteiger partial charge in [-0.05, 0) is 24.1 Å². The van der Waals surface area contributed by atoms with Crippen molar-refractivity contribution in [1.29, 1.82) is 0 Å². The van der Waals surface area contributed by atoms with E-state index in [0.717, 1.165) is 35.2 Å². The molecule has 0 saturated carbocycles. The van der Waals surface area contributed by atoms with Crippen molar-refractivity contribution in [3.05, 3.63) is 27.7 Å². The second kappa shape index (κ2) is 5.84. The molecule has 2 aliphatic rings. The van der Waals surface area contributed by atoms with Crippen LogP contribution in [0.15, 0.2) is 16.6 Å². The van der Waals surface area contributed by atoms with E-state index >= 15 is 0 Å². The number of halogens is 1. The molecule has 0 aliphatic carbocycles. The Hall–Kier alpha value is -0.910. The molecule has 1 aromatic rings. The lowest BCUT2D eigenvalue weighted by Crippen LogP contribution is -2.31. The number of hydrogen-bond donors (Lipinski definition) is 1. The average Bonchev–Trinajstić information content (AvgIpc) is 3.06. The fourth-order valence-electron chi connectivity index (χ4n) is 2.92. The zero-order valence-electron chi connectivity index (χ0n) is 11.4. The molecule has 1 fully saturated rings. The Labute approximate surface area is 127 Å². The number of carbonyl (C=O) groups excluding carboxylic acids is 1. The quantitative estimate of drug-likeness (QED) is 0.909. The summed E-state index contributed by atoms with van der Waals surface area (Å²) < 4.78 is 12.0. The second-order valence-corrected chi connectivity index (χ2v) is 6.26. The Morgan fingerprint density at radius 1 is 1.55 bits per heavy atom. The van der Waals surface area contributed by atoms with Gasteiger partial charge in [-0.15, -0.1) is 0 Å². The van der Waals surface area contributed by atoms with Crippen LogP contribution in [0, 0.1) is 0 Å². The smallest absolute Gasteiger partial charge is 0.154 e. The third kappa shape index (κ3) is 2.75. The van der Waals surface area contributed by atoms with Crippen LogP contribution in [0.2, 0.25) is 0 Å². The molecule has 108 valence electrons. The van der Waals surface area contributed by atoms with E-state index in [9.17, 15) is 4.79 Å². The van der Waals surface area contributed by atoms with Gasteiger partial charge in [0.1, 0.15) is 5.75 Å². The fraction of sp³-hybridized carbons (Fsp3) is 0.533. The lowest BCUT2D eigenvalue weighted by Gasteiger charge is -2.12. The summed E-state index contributed by atoms with van der Waals surface area (Å²) in [6, 6.07) is 3.96. The van der Waals surface area contributed by atoms with E-state index in [1.165, 1.54) is 5.56 Å². The van der Waals surface area contributed by atoms with Crippen molar-refractivity contribution in [2.45, 2.75) is 31.4 Å². The van der Waals surface area contributed by atoms with Gasteiger partial charge < -0.3 is 14.8 Å². The lowest BCUT2D eigenvalue weighted by atomic mass is 9.99. The summed E-state index contributed by atoms with van der Waals surface area (Å²) in [4.78, 5) is 12.4. The molecular weight excluding hydrogens is 322 g/mol. The van der Waals surface area contributed by atoms with Crippen molar-refractivity contribution in [2.75, 3.05) is 20.3 Å². The van der Waals surface area contributed by atoms with Crippen LogP contribution in [0.4, 0.5) is 0 Å². The molecule has 0 aromatic heterocycles. The monoisotopic (exact) mass is 339 g/mol. The summed E-state index contributed by atoms with van der Waals surface area (Å²) >= 11 is 3.51. The van der Waals surface area contributed by atoms with Gasteiger partial charge in [0, 0.05) is 36.5 Å². The predicted molar refractivity (Wildman–Crippen MR) is 79.3 cm³/mol. The van der Waals surface area contributed by atoms with Gasteiger partial charge in [-0.1, -0.05) is 15.9 Å². The highest BCUT2D eigenvalue weighted by atomic mass is 79.9. The molecule has 2 unspecified atom stereocenters. The van der Waals surface area contributed by atoms with Gasteiger partial charge in [0.25, 0.3) is 0 Å². The molecule has 1 N–H and O–H groups in total. The molecule has 2 heterocycles. The highest BCUT2D eigenvalue weighted by Crippen LogP contribution is 2.33. The molecule has 0 amide bonds. The number of carbonyl (C=O) groups is 1. The first-order chi connectivity index (χ1) is 9.67. The van der Waals surface area contributed by atoms with Crippen molar-refractivity contribution >= 4 is 21.7 Å². The zero-order chi connectivity index (χ0) is 14.1. The maximum atomic E-state index is 12.4. The number of benzene rings is 1. The summed E-state index contributed by atoms with van der Waals surface area (Å²) in [5.41, 5.74) is 2.18. The number of ether oxygens (including phenoxy) is 2. The van der Waals surface area contributed by atoms with Crippen molar-refractivity contribution in [3.8, 4) is 5.75 Å². The first kappa shape index (κ1) is 14.0. The van der Waals surface area contributed by atoms with E-state index in [1.807, 2.05) is 6.07 Å². The van der Waals surface area contributed by atoms with Gasteiger partial charge in [0.15, 0.2) is 5.78 Å². The summed E-state index contributed by atoms with van der Waals surface area (Å²) in [6.07, 6.45) is 2.24. The van der Waals surface area contributed by atoms with Crippen LogP contribution in [0.1, 0.15) is 17.5 Å². The van der Waals surface area contributed by atoms with E-state index < -0.39 is 0 Å². The third-order valence-electron chi connectivity index (χ3n) is 4.00. The second-order valence-electron chi connectivity index (χ2n) is 5.35. The topological polar surface area (TPSA) is 47.6 Å². The summed E-state index contributed by atoms with van der Waals surface area (Å²) in [7, 11) is 1.69. The van der Waals surface area contributed by atoms with E-state index in [1.54, 1.807) is 7.11 Å². The lowest BCUT2D eigenvalue weighted by molar-refractivity contribution is -0.120. The number of methoxy groups -OCH3 is 1. The molecular formula is C15H18BrNO3. The molecule has 20 heavy (non-hydrogen) atoms. The van der Waals surface area contributed by atoms with Crippen LogP contribution in [-0.2, 0) is 22.4 Å². The van der Waals surface area contributed by atoms with Crippen molar-refractivity contribution < 1.29 is 14.3 Å². The van der Waals surface area contributed by atoms with Gasteiger partial charge in [-0.25, -0.2) is 0 Å². The van der Waals surface area contributed by atoms with Crippen molar-refractivity contribution in [2.24, 2.45) is 0 Å². The highest BCUT2D eigenvalue weighted by molar-refractivity contribution is 9.10. The Morgan fingerprint density at radius 3 is 3.15 bits per heavy atom. The van der Waals surface area contributed by atoms with E-state index in [-0.39, 0.29) is 17.9 Å². The van der Waals surface area contributed by atoms with Gasteiger partial charge in [0.05, 0.1) is 18.8 Å². The van der Waals surface area contributed by atoms with Gasteiger partial charge in [0.2, 0.25) is 0 Å². The fourth-order valence-corrected chi connectivity index (χ4v) is 3.47. The van der Waals surface area contributed by atoms with Crippen LogP contribution < -0.4 is 10.1 Å². The van der Waals surface area contributed by atoms with Crippen LogP contribution in [0.5, 0.6) is 5.75 Å². The Kier molecular flexibility index (Phi) is 4.10. The average molecular weight is 340 g/mol. The number of Topliss-reactive ketones (excluding diaryl/α,β-unsaturated/α-hetero) is 1. The summed E-state index contributed by atoms with van der Waals surface area (Å²) in [5, 5.41) is 3.23. The summed E-state index contributed by atoms with van der Waals surface area (Å²) in [6.45, 7) is 1.46. The van der Waals surface area contributed by atoms with Crippen LogP contribution in [0.25, 0.3) is 0 Å².